The van der Waals surface area contributed by atoms with Gasteiger partial charge >= 0.3 is 0 Å². The Morgan fingerprint density at radius 3 is 2.52 bits per heavy atom. The van der Waals surface area contributed by atoms with Crippen molar-refractivity contribution in [1.29, 1.82) is 0 Å². The van der Waals surface area contributed by atoms with Crippen molar-refractivity contribution in [1.82, 2.24) is 9.62 Å². The summed E-state index contributed by atoms with van der Waals surface area (Å²) in [5, 5.41) is 12.7. The van der Waals surface area contributed by atoms with Crippen molar-refractivity contribution in [3.8, 4) is 5.75 Å². The highest BCUT2D eigenvalue weighted by Crippen LogP contribution is 2.24. The quantitative estimate of drug-likeness (QED) is 0.777. The first-order valence-electron chi connectivity index (χ1n) is 8.71. The number of amides is 1. The number of hydrogen-bond donors (Lipinski definition) is 2. The molecule has 2 aromatic rings. The van der Waals surface area contributed by atoms with Crippen LogP contribution in [0.4, 0.5) is 0 Å². The number of carbonyl (C=O) groups is 1. The smallest absolute Gasteiger partial charge is 0.255 e. The molecule has 0 unspecified atom stereocenters. The first-order valence-corrected chi connectivity index (χ1v) is 10.2. The molecule has 144 valence electrons. The maximum absolute atomic E-state index is 12.7. The van der Waals surface area contributed by atoms with Crippen LogP contribution in [0.1, 0.15) is 15.9 Å². The highest BCUT2D eigenvalue weighted by molar-refractivity contribution is 7.89. The lowest BCUT2D eigenvalue weighted by atomic mass is 10.1. The van der Waals surface area contributed by atoms with Crippen molar-refractivity contribution in [3.63, 3.8) is 0 Å². The van der Waals surface area contributed by atoms with Gasteiger partial charge in [0.25, 0.3) is 5.91 Å². The number of ether oxygens (including phenoxy) is 1. The zero-order valence-electron chi connectivity index (χ0n) is 14.8. The zero-order chi connectivity index (χ0) is 19.3. The fourth-order valence-corrected chi connectivity index (χ4v) is 4.29. The van der Waals surface area contributed by atoms with E-state index in [-0.39, 0.29) is 29.3 Å². The van der Waals surface area contributed by atoms with Crippen LogP contribution < -0.4 is 5.32 Å². The van der Waals surface area contributed by atoms with Crippen molar-refractivity contribution in [3.05, 3.63) is 59.7 Å². The number of phenols is 1. The summed E-state index contributed by atoms with van der Waals surface area (Å²) in [5.41, 5.74) is 1.02. The first-order chi connectivity index (χ1) is 13.0. The van der Waals surface area contributed by atoms with Crippen LogP contribution in [-0.2, 0) is 21.2 Å². The normalized spacial score (nSPS) is 15.4. The summed E-state index contributed by atoms with van der Waals surface area (Å²) in [6.45, 7) is 1.58. The molecule has 1 aliphatic rings. The minimum atomic E-state index is -3.74. The fourth-order valence-electron chi connectivity index (χ4n) is 2.85. The number of hydrogen-bond acceptors (Lipinski definition) is 5. The molecule has 0 bridgehead atoms. The summed E-state index contributed by atoms with van der Waals surface area (Å²) in [7, 11) is -3.74. The first kappa shape index (κ1) is 19.3. The molecule has 0 saturated carbocycles. The number of nitrogens with zero attached hydrogens (tertiary/aromatic N) is 1. The lowest BCUT2D eigenvalue weighted by molar-refractivity contribution is 0.0730. The molecule has 1 fully saturated rings. The number of benzene rings is 2. The van der Waals surface area contributed by atoms with E-state index in [2.05, 4.69) is 5.32 Å². The van der Waals surface area contributed by atoms with Crippen molar-refractivity contribution in [2.24, 2.45) is 0 Å². The topological polar surface area (TPSA) is 95.9 Å². The summed E-state index contributed by atoms with van der Waals surface area (Å²) < 4.78 is 32.0. The van der Waals surface area contributed by atoms with Crippen LogP contribution in [-0.4, -0.2) is 56.6 Å². The number of morpholine rings is 1. The van der Waals surface area contributed by atoms with Crippen LogP contribution in [0.5, 0.6) is 5.75 Å². The van der Waals surface area contributed by atoms with E-state index in [0.717, 1.165) is 5.56 Å². The van der Waals surface area contributed by atoms with Crippen molar-refractivity contribution in [2.75, 3.05) is 32.8 Å². The lowest BCUT2D eigenvalue weighted by Gasteiger charge is -2.26. The summed E-state index contributed by atoms with van der Waals surface area (Å²) >= 11 is 0. The average Bonchev–Trinajstić information content (AvgIpc) is 2.69. The molecule has 0 spiro atoms. The van der Waals surface area contributed by atoms with Crippen LogP contribution in [0.2, 0.25) is 0 Å². The molecule has 8 heteroatoms. The Hall–Kier alpha value is -2.42. The molecule has 7 nitrogen and oxygen atoms in total. The van der Waals surface area contributed by atoms with Crippen molar-refractivity contribution >= 4 is 15.9 Å². The van der Waals surface area contributed by atoms with Gasteiger partial charge in [-0.3, -0.25) is 4.79 Å². The van der Waals surface area contributed by atoms with Gasteiger partial charge in [-0.2, -0.15) is 4.31 Å². The highest BCUT2D eigenvalue weighted by Gasteiger charge is 2.27. The molecule has 3 rings (SSSR count). The van der Waals surface area contributed by atoms with Gasteiger partial charge in [0.1, 0.15) is 5.75 Å². The fraction of sp³-hybridized carbons (Fsp3) is 0.316. The Bertz CT molecular complexity index is 894. The van der Waals surface area contributed by atoms with E-state index < -0.39 is 15.9 Å². The van der Waals surface area contributed by atoms with Crippen LogP contribution in [0.25, 0.3) is 0 Å². The molecule has 1 amide bonds. The zero-order valence-corrected chi connectivity index (χ0v) is 15.6. The van der Waals surface area contributed by atoms with Gasteiger partial charge in [-0.15, -0.1) is 0 Å². The molecular weight excluding hydrogens is 368 g/mol. The van der Waals surface area contributed by atoms with Crippen LogP contribution >= 0.6 is 0 Å². The van der Waals surface area contributed by atoms with Gasteiger partial charge in [-0.05, 0) is 30.2 Å². The van der Waals surface area contributed by atoms with E-state index in [1.165, 1.54) is 22.5 Å². The second-order valence-corrected chi connectivity index (χ2v) is 8.12. The minimum Gasteiger partial charge on any atom is -0.507 e. The number of sulfonamides is 1. The third kappa shape index (κ3) is 4.65. The summed E-state index contributed by atoms with van der Waals surface area (Å²) in [5.74, 6) is -0.768. The molecule has 1 aliphatic heterocycles. The van der Waals surface area contributed by atoms with Gasteiger partial charge in [0.05, 0.1) is 23.7 Å². The highest BCUT2D eigenvalue weighted by atomic mass is 32.2. The Kier molecular flexibility index (Phi) is 6.10. The maximum Gasteiger partial charge on any atom is 0.255 e. The molecule has 2 aromatic carbocycles. The van der Waals surface area contributed by atoms with Gasteiger partial charge in [-0.1, -0.05) is 30.3 Å². The molecule has 0 radical (unpaired) electrons. The van der Waals surface area contributed by atoms with E-state index >= 15 is 0 Å². The van der Waals surface area contributed by atoms with Crippen molar-refractivity contribution < 1.29 is 23.1 Å². The number of rotatable bonds is 6. The van der Waals surface area contributed by atoms with E-state index in [0.29, 0.717) is 26.2 Å². The van der Waals surface area contributed by atoms with Crippen molar-refractivity contribution in [2.45, 2.75) is 11.3 Å². The largest absolute Gasteiger partial charge is 0.507 e. The Balaban J connectivity index is 1.71. The molecule has 1 heterocycles. The Morgan fingerprint density at radius 2 is 1.81 bits per heavy atom. The molecule has 2 N–H and O–H groups in total. The molecule has 0 aromatic heterocycles. The SMILES string of the molecule is O=C(NCCc1ccccc1)c1cc(S(=O)(=O)N2CCOCC2)ccc1O. The summed E-state index contributed by atoms with van der Waals surface area (Å²) in [6.07, 6.45) is 0.638. The number of phenolic OH excluding ortho intramolecular Hbond substituents is 1. The third-order valence-corrected chi connectivity index (χ3v) is 6.26. The predicted octanol–water partition coefficient (Wildman–Crippen LogP) is 1.39. The van der Waals surface area contributed by atoms with Crippen LogP contribution in [0, 0.1) is 0 Å². The predicted molar refractivity (Wildman–Crippen MR) is 100 cm³/mol. The molecular formula is C19H22N2O5S. The lowest BCUT2D eigenvalue weighted by Crippen LogP contribution is -2.40. The molecule has 27 heavy (non-hydrogen) atoms. The standard InChI is InChI=1S/C19H22N2O5S/c22-18-7-6-16(27(24,25)21-10-12-26-13-11-21)14-17(18)19(23)20-9-8-15-4-2-1-3-5-15/h1-7,14,22H,8-13H2,(H,20,23). The third-order valence-electron chi connectivity index (χ3n) is 4.36. The minimum absolute atomic E-state index is 0.0181. The molecule has 1 saturated heterocycles. The molecule has 0 atom stereocenters. The van der Waals surface area contributed by atoms with Gasteiger partial charge in [-0.25, -0.2) is 8.42 Å². The number of nitrogens with one attached hydrogen (secondary N) is 1. The monoisotopic (exact) mass is 390 g/mol. The average molecular weight is 390 g/mol. The van der Waals surface area contributed by atoms with Gasteiger partial charge in [0.2, 0.25) is 10.0 Å². The van der Waals surface area contributed by atoms with E-state index in [1.807, 2.05) is 30.3 Å². The van der Waals surface area contributed by atoms with Crippen LogP contribution in [0.15, 0.2) is 53.4 Å². The van der Waals surface area contributed by atoms with Gasteiger partial charge in [0.15, 0.2) is 0 Å². The molecule has 0 aliphatic carbocycles. The van der Waals surface area contributed by atoms with E-state index in [1.54, 1.807) is 0 Å². The van der Waals surface area contributed by atoms with E-state index in [4.69, 9.17) is 4.74 Å². The Morgan fingerprint density at radius 1 is 1.11 bits per heavy atom. The summed E-state index contributed by atoms with van der Waals surface area (Å²) in [6, 6.07) is 13.4. The number of aromatic hydroxyl groups is 1. The second-order valence-electron chi connectivity index (χ2n) is 6.19. The maximum atomic E-state index is 12.7. The van der Waals surface area contributed by atoms with Gasteiger partial charge < -0.3 is 15.2 Å². The Labute approximate surface area is 158 Å². The second kappa shape index (κ2) is 8.51. The summed E-state index contributed by atoms with van der Waals surface area (Å²) in [4.78, 5) is 12.4. The van der Waals surface area contributed by atoms with Gasteiger partial charge in [0, 0.05) is 19.6 Å². The van der Waals surface area contributed by atoms with E-state index in [9.17, 15) is 18.3 Å². The number of carbonyl (C=O) groups excluding carboxylic acids is 1. The van der Waals surface area contributed by atoms with Crippen LogP contribution in [0.3, 0.4) is 0 Å².